The van der Waals surface area contributed by atoms with E-state index in [0.717, 1.165) is 23.5 Å². The molecule has 2 rings (SSSR count). The summed E-state index contributed by atoms with van der Waals surface area (Å²) in [6, 6.07) is 3.34. The summed E-state index contributed by atoms with van der Waals surface area (Å²) in [5.41, 5.74) is 0.966. The molecule has 1 aliphatic rings. The van der Waals surface area contributed by atoms with Crippen molar-refractivity contribution in [1.29, 1.82) is 0 Å². The average Bonchev–Trinajstić information content (AvgIpc) is 2.91. The van der Waals surface area contributed by atoms with Gasteiger partial charge < -0.3 is 5.32 Å². The van der Waals surface area contributed by atoms with E-state index in [0.29, 0.717) is 19.0 Å². The van der Waals surface area contributed by atoms with E-state index in [2.05, 4.69) is 15.0 Å². The predicted octanol–water partition coefficient (Wildman–Crippen LogP) is 0.832. The molecule has 1 atom stereocenters. The molecule has 0 spiro atoms. The lowest BCUT2D eigenvalue weighted by Crippen LogP contribution is -2.30. The van der Waals surface area contributed by atoms with Crippen LogP contribution >= 0.6 is 11.8 Å². The Bertz CT molecular complexity index is 496. The molecule has 2 heterocycles. The second-order valence-electron chi connectivity index (χ2n) is 4.62. The number of hydrogen-bond acceptors (Lipinski definition) is 5. The molecule has 2 N–H and O–H groups in total. The van der Waals surface area contributed by atoms with E-state index in [1.165, 1.54) is 0 Å². The standard InChI is InChI=1S/C12H19N3O2S2/c1-13-6-10-2-3-12(14-7-10)19(16,17)15-8-11-4-5-18-9-11/h2-3,7,11,13,15H,4-6,8-9H2,1H3. The molecule has 0 aromatic carbocycles. The first kappa shape index (κ1) is 14.8. The van der Waals surface area contributed by atoms with Crippen LogP contribution in [0.15, 0.2) is 23.4 Å². The zero-order valence-corrected chi connectivity index (χ0v) is 12.6. The third kappa shape index (κ3) is 4.17. The highest BCUT2D eigenvalue weighted by atomic mass is 32.2. The molecule has 7 heteroatoms. The molecule has 1 aromatic rings. The van der Waals surface area contributed by atoms with Crippen molar-refractivity contribution in [2.75, 3.05) is 25.1 Å². The van der Waals surface area contributed by atoms with Gasteiger partial charge in [0.25, 0.3) is 10.0 Å². The van der Waals surface area contributed by atoms with Crippen molar-refractivity contribution < 1.29 is 8.42 Å². The van der Waals surface area contributed by atoms with Gasteiger partial charge in [-0.2, -0.15) is 11.8 Å². The smallest absolute Gasteiger partial charge is 0.258 e. The molecule has 0 bridgehead atoms. The third-order valence-electron chi connectivity index (χ3n) is 3.04. The molecule has 0 aliphatic carbocycles. The zero-order valence-electron chi connectivity index (χ0n) is 10.9. The van der Waals surface area contributed by atoms with Gasteiger partial charge in [0.2, 0.25) is 0 Å². The lowest BCUT2D eigenvalue weighted by Gasteiger charge is -2.10. The van der Waals surface area contributed by atoms with E-state index < -0.39 is 10.0 Å². The quantitative estimate of drug-likeness (QED) is 0.814. The molecule has 5 nitrogen and oxygen atoms in total. The van der Waals surface area contributed by atoms with Gasteiger partial charge in [-0.3, -0.25) is 0 Å². The fourth-order valence-corrected chi connectivity index (χ4v) is 4.25. The van der Waals surface area contributed by atoms with Crippen LogP contribution in [-0.4, -0.2) is 38.5 Å². The lowest BCUT2D eigenvalue weighted by atomic mass is 10.1. The van der Waals surface area contributed by atoms with Gasteiger partial charge in [0, 0.05) is 19.3 Å². The Kier molecular flexibility index (Phi) is 5.20. The highest BCUT2D eigenvalue weighted by Crippen LogP contribution is 2.22. The first-order chi connectivity index (χ1) is 9.12. The summed E-state index contributed by atoms with van der Waals surface area (Å²) in [6.45, 7) is 1.19. The van der Waals surface area contributed by atoms with Gasteiger partial charge in [0.15, 0.2) is 5.03 Å². The van der Waals surface area contributed by atoms with Crippen molar-refractivity contribution in [3.05, 3.63) is 23.9 Å². The molecule has 1 fully saturated rings. The van der Waals surface area contributed by atoms with Crippen LogP contribution in [0.3, 0.4) is 0 Å². The monoisotopic (exact) mass is 301 g/mol. The maximum Gasteiger partial charge on any atom is 0.258 e. The molecular formula is C12H19N3O2S2. The maximum atomic E-state index is 12.1. The second kappa shape index (κ2) is 6.69. The van der Waals surface area contributed by atoms with Crippen molar-refractivity contribution in [2.45, 2.75) is 18.0 Å². The van der Waals surface area contributed by atoms with E-state index >= 15 is 0 Å². The first-order valence-electron chi connectivity index (χ1n) is 6.29. The van der Waals surface area contributed by atoms with Gasteiger partial charge in [-0.15, -0.1) is 0 Å². The van der Waals surface area contributed by atoms with Gasteiger partial charge in [-0.25, -0.2) is 18.1 Å². The highest BCUT2D eigenvalue weighted by Gasteiger charge is 2.20. The number of nitrogens with zero attached hydrogens (tertiary/aromatic N) is 1. The zero-order chi connectivity index (χ0) is 13.7. The topological polar surface area (TPSA) is 71.1 Å². The Balaban J connectivity index is 1.97. The van der Waals surface area contributed by atoms with E-state index in [9.17, 15) is 8.42 Å². The van der Waals surface area contributed by atoms with Gasteiger partial charge in [-0.1, -0.05) is 6.07 Å². The number of hydrogen-bond donors (Lipinski definition) is 2. The van der Waals surface area contributed by atoms with Crippen LogP contribution in [0.25, 0.3) is 0 Å². The van der Waals surface area contributed by atoms with E-state index in [1.807, 2.05) is 18.8 Å². The van der Waals surface area contributed by atoms with Crippen molar-refractivity contribution in [2.24, 2.45) is 5.92 Å². The summed E-state index contributed by atoms with van der Waals surface area (Å²) >= 11 is 1.88. The molecule has 0 saturated carbocycles. The Hall–Kier alpha value is -0.630. The third-order valence-corrected chi connectivity index (χ3v) is 5.61. The Morgan fingerprint density at radius 1 is 1.47 bits per heavy atom. The summed E-state index contributed by atoms with van der Waals surface area (Å²) in [5.74, 6) is 2.61. The summed E-state index contributed by atoms with van der Waals surface area (Å²) in [6.07, 6.45) is 2.68. The van der Waals surface area contributed by atoms with E-state index in [4.69, 9.17) is 0 Å². The number of sulfonamides is 1. The van der Waals surface area contributed by atoms with Crippen LogP contribution in [0, 0.1) is 5.92 Å². The molecule has 0 radical (unpaired) electrons. The fourth-order valence-electron chi connectivity index (χ4n) is 1.92. The van der Waals surface area contributed by atoms with Crippen molar-refractivity contribution in [3.8, 4) is 0 Å². The molecular weight excluding hydrogens is 282 g/mol. The molecule has 106 valence electrons. The number of nitrogens with one attached hydrogen (secondary N) is 2. The van der Waals surface area contributed by atoms with Gasteiger partial charge in [-0.05, 0) is 42.5 Å². The van der Waals surface area contributed by atoms with Crippen LogP contribution in [-0.2, 0) is 16.6 Å². The molecule has 19 heavy (non-hydrogen) atoms. The Morgan fingerprint density at radius 2 is 2.32 bits per heavy atom. The van der Waals surface area contributed by atoms with Crippen LogP contribution in [0.2, 0.25) is 0 Å². The average molecular weight is 301 g/mol. The molecule has 1 aromatic heterocycles. The van der Waals surface area contributed by atoms with Crippen LogP contribution in [0.4, 0.5) is 0 Å². The molecule has 1 aliphatic heterocycles. The highest BCUT2D eigenvalue weighted by molar-refractivity contribution is 7.99. The Morgan fingerprint density at radius 3 is 2.89 bits per heavy atom. The van der Waals surface area contributed by atoms with Crippen LogP contribution < -0.4 is 10.0 Å². The molecule has 1 saturated heterocycles. The minimum absolute atomic E-state index is 0.0954. The van der Waals surface area contributed by atoms with Crippen molar-refractivity contribution in [3.63, 3.8) is 0 Å². The normalized spacial score (nSPS) is 19.7. The van der Waals surface area contributed by atoms with E-state index in [1.54, 1.807) is 18.3 Å². The van der Waals surface area contributed by atoms with Crippen molar-refractivity contribution in [1.82, 2.24) is 15.0 Å². The number of thioether (sulfide) groups is 1. The Labute approximate surface area is 118 Å². The van der Waals surface area contributed by atoms with Gasteiger partial charge in [0.05, 0.1) is 0 Å². The summed E-state index contributed by atoms with van der Waals surface area (Å²) in [7, 11) is -1.63. The minimum Gasteiger partial charge on any atom is -0.316 e. The number of aromatic nitrogens is 1. The molecule has 0 amide bonds. The second-order valence-corrected chi connectivity index (χ2v) is 7.48. The van der Waals surface area contributed by atoms with Gasteiger partial charge >= 0.3 is 0 Å². The molecule has 1 unspecified atom stereocenters. The van der Waals surface area contributed by atoms with E-state index in [-0.39, 0.29) is 5.03 Å². The first-order valence-corrected chi connectivity index (χ1v) is 8.92. The van der Waals surface area contributed by atoms with Crippen LogP contribution in [0.1, 0.15) is 12.0 Å². The number of pyridine rings is 1. The summed E-state index contributed by atoms with van der Waals surface area (Å²) in [4.78, 5) is 4.02. The fraction of sp³-hybridized carbons (Fsp3) is 0.583. The largest absolute Gasteiger partial charge is 0.316 e. The number of rotatable bonds is 6. The summed E-state index contributed by atoms with van der Waals surface area (Å²) < 4.78 is 26.8. The van der Waals surface area contributed by atoms with Crippen LogP contribution in [0.5, 0.6) is 0 Å². The van der Waals surface area contributed by atoms with Crippen molar-refractivity contribution >= 4 is 21.8 Å². The summed E-state index contributed by atoms with van der Waals surface area (Å²) in [5, 5.41) is 3.09. The lowest BCUT2D eigenvalue weighted by molar-refractivity contribution is 0.543. The minimum atomic E-state index is -3.47. The predicted molar refractivity (Wildman–Crippen MR) is 77.6 cm³/mol. The SMILES string of the molecule is CNCc1ccc(S(=O)(=O)NCC2CCSC2)nc1. The maximum absolute atomic E-state index is 12.1. The van der Waals surface area contributed by atoms with Gasteiger partial charge in [0.1, 0.15) is 0 Å².